The van der Waals surface area contributed by atoms with Crippen molar-refractivity contribution in [2.75, 3.05) is 0 Å². The van der Waals surface area contributed by atoms with Crippen LogP contribution in [0.4, 0.5) is 0 Å². The topological polar surface area (TPSA) is 22.8 Å². The molecule has 3 aromatic heterocycles. The lowest BCUT2D eigenvalue weighted by Crippen LogP contribution is -1.99. The first-order valence-electron chi connectivity index (χ1n) is 12.7. The SMILES string of the molecule is C1=CCC=CC(n2c3ccccc3c3cnc4c5ccccc5n(-c5ccc6ccccc6c5)c4c32)=C1. The van der Waals surface area contributed by atoms with Crippen LogP contribution in [0.1, 0.15) is 6.42 Å². The third-order valence-electron chi connectivity index (χ3n) is 7.52. The standard InChI is InChI=1S/C34H23N3/c1-2-4-14-25(13-3-1)36-30-17-9-7-15-27(30)29-22-35-32-28-16-8-10-18-31(28)37(34(32)33(29)36)26-20-19-23-11-5-6-12-24(23)21-26/h1,3-22H,2H2. The molecule has 0 saturated carbocycles. The highest BCUT2D eigenvalue weighted by atomic mass is 15.1. The fraction of sp³-hybridized carbons (Fsp3) is 0.0294. The van der Waals surface area contributed by atoms with Gasteiger partial charge in [-0.25, -0.2) is 0 Å². The summed E-state index contributed by atoms with van der Waals surface area (Å²) in [5.41, 5.74) is 7.98. The van der Waals surface area contributed by atoms with Crippen LogP contribution >= 0.6 is 0 Å². The van der Waals surface area contributed by atoms with Gasteiger partial charge in [-0.2, -0.15) is 0 Å². The second-order valence-corrected chi connectivity index (χ2v) is 9.61. The number of pyridine rings is 1. The maximum Gasteiger partial charge on any atom is 0.0985 e. The van der Waals surface area contributed by atoms with E-state index in [1.54, 1.807) is 0 Å². The van der Waals surface area contributed by atoms with Gasteiger partial charge in [0.2, 0.25) is 0 Å². The van der Waals surface area contributed by atoms with Crippen LogP contribution in [0, 0.1) is 0 Å². The number of nitrogens with zero attached hydrogens (tertiary/aromatic N) is 3. The van der Waals surface area contributed by atoms with Crippen molar-refractivity contribution in [3.8, 4) is 5.69 Å². The number of rotatable bonds is 2. The molecule has 0 amide bonds. The Kier molecular flexibility index (Phi) is 4.29. The average molecular weight is 474 g/mol. The van der Waals surface area contributed by atoms with Crippen molar-refractivity contribution < 1.29 is 0 Å². The van der Waals surface area contributed by atoms with Crippen LogP contribution in [0.2, 0.25) is 0 Å². The first-order chi connectivity index (χ1) is 18.4. The molecule has 0 aliphatic heterocycles. The molecule has 1 aliphatic carbocycles. The Hall–Kier alpha value is -4.89. The highest BCUT2D eigenvalue weighted by Gasteiger charge is 2.22. The molecular weight excluding hydrogens is 450 g/mol. The molecule has 0 saturated heterocycles. The molecular formula is C34H23N3. The van der Waals surface area contributed by atoms with Crippen LogP contribution in [0.25, 0.3) is 65.9 Å². The molecule has 4 aromatic carbocycles. The van der Waals surface area contributed by atoms with E-state index in [1.807, 2.05) is 0 Å². The minimum absolute atomic E-state index is 0.936. The van der Waals surface area contributed by atoms with Crippen molar-refractivity contribution in [1.82, 2.24) is 14.1 Å². The van der Waals surface area contributed by atoms with Gasteiger partial charge in [-0.1, -0.05) is 85.0 Å². The molecule has 3 nitrogen and oxygen atoms in total. The van der Waals surface area contributed by atoms with Crippen LogP contribution in [-0.2, 0) is 0 Å². The van der Waals surface area contributed by atoms with Crippen LogP contribution in [0.15, 0.2) is 128 Å². The number of hydrogen-bond acceptors (Lipinski definition) is 1. The van der Waals surface area contributed by atoms with Gasteiger partial charge in [0.05, 0.1) is 27.6 Å². The summed E-state index contributed by atoms with van der Waals surface area (Å²) in [6.45, 7) is 0. The fourth-order valence-electron chi connectivity index (χ4n) is 5.90. The number of para-hydroxylation sites is 2. The first kappa shape index (κ1) is 20.3. The Balaban J connectivity index is 1.62. The molecule has 0 fully saturated rings. The van der Waals surface area contributed by atoms with Crippen molar-refractivity contribution in [3.63, 3.8) is 0 Å². The summed E-state index contributed by atoms with van der Waals surface area (Å²) in [5.74, 6) is 0. The molecule has 8 rings (SSSR count). The third kappa shape index (κ3) is 2.91. The van der Waals surface area contributed by atoms with Crippen molar-refractivity contribution in [2.24, 2.45) is 0 Å². The average Bonchev–Trinajstić information content (AvgIpc) is 3.32. The molecule has 3 heterocycles. The summed E-state index contributed by atoms with van der Waals surface area (Å²) in [6.07, 6.45) is 14.0. The quantitative estimate of drug-likeness (QED) is 0.246. The van der Waals surface area contributed by atoms with Gasteiger partial charge in [-0.3, -0.25) is 4.98 Å². The number of fused-ring (bicyclic) bond motifs is 8. The minimum Gasteiger partial charge on any atom is -0.307 e. The summed E-state index contributed by atoms with van der Waals surface area (Å²) in [4.78, 5) is 5.09. The highest BCUT2D eigenvalue weighted by molar-refractivity contribution is 6.22. The summed E-state index contributed by atoms with van der Waals surface area (Å²) in [5, 5.41) is 6.01. The van der Waals surface area contributed by atoms with Gasteiger partial charge >= 0.3 is 0 Å². The van der Waals surface area contributed by atoms with Gasteiger partial charge in [0.15, 0.2) is 0 Å². The van der Waals surface area contributed by atoms with Crippen LogP contribution < -0.4 is 0 Å². The molecule has 1 aliphatic rings. The van der Waals surface area contributed by atoms with Gasteiger partial charge < -0.3 is 9.13 Å². The van der Waals surface area contributed by atoms with E-state index in [2.05, 4.69) is 137 Å². The summed E-state index contributed by atoms with van der Waals surface area (Å²) in [7, 11) is 0. The normalized spacial score (nSPS) is 13.8. The minimum atomic E-state index is 0.936. The van der Waals surface area contributed by atoms with Crippen molar-refractivity contribution in [3.05, 3.63) is 128 Å². The lowest BCUT2D eigenvalue weighted by molar-refractivity contribution is 1.17. The predicted molar refractivity (Wildman–Crippen MR) is 156 cm³/mol. The Labute approximate surface area is 213 Å². The van der Waals surface area contributed by atoms with E-state index in [-0.39, 0.29) is 0 Å². The number of benzene rings is 4. The molecule has 0 radical (unpaired) electrons. The number of allylic oxidation sites excluding steroid dienone is 6. The Bertz CT molecular complexity index is 2110. The molecule has 0 atom stereocenters. The van der Waals surface area contributed by atoms with E-state index >= 15 is 0 Å². The van der Waals surface area contributed by atoms with Gasteiger partial charge in [-0.05, 0) is 53.6 Å². The van der Waals surface area contributed by atoms with E-state index in [0.717, 1.165) is 45.1 Å². The lowest BCUT2D eigenvalue weighted by atomic mass is 10.1. The van der Waals surface area contributed by atoms with E-state index in [9.17, 15) is 0 Å². The van der Waals surface area contributed by atoms with Crippen LogP contribution in [0.3, 0.4) is 0 Å². The molecule has 0 spiro atoms. The maximum atomic E-state index is 5.09. The Morgan fingerprint density at radius 1 is 0.622 bits per heavy atom. The van der Waals surface area contributed by atoms with Crippen LogP contribution in [-0.4, -0.2) is 14.1 Å². The second-order valence-electron chi connectivity index (χ2n) is 9.61. The van der Waals surface area contributed by atoms with Crippen molar-refractivity contribution in [1.29, 1.82) is 0 Å². The van der Waals surface area contributed by atoms with E-state index in [4.69, 9.17) is 4.98 Å². The zero-order valence-electron chi connectivity index (χ0n) is 20.2. The predicted octanol–water partition coefficient (Wildman–Crippen LogP) is 8.80. The van der Waals surface area contributed by atoms with Gasteiger partial charge in [0, 0.05) is 33.7 Å². The molecule has 0 N–H and O–H groups in total. The smallest absolute Gasteiger partial charge is 0.0985 e. The van der Waals surface area contributed by atoms with Gasteiger partial charge in [0.1, 0.15) is 0 Å². The van der Waals surface area contributed by atoms with Gasteiger partial charge in [-0.15, -0.1) is 0 Å². The molecule has 0 bridgehead atoms. The number of aromatic nitrogens is 3. The molecule has 0 unspecified atom stereocenters. The third-order valence-corrected chi connectivity index (χ3v) is 7.52. The molecule has 7 aromatic rings. The lowest BCUT2D eigenvalue weighted by Gasteiger charge is -2.13. The summed E-state index contributed by atoms with van der Waals surface area (Å²) >= 11 is 0. The first-order valence-corrected chi connectivity index (χ1v) is 12.7. The molecule has 3 heteroatoms. The zero-order chi connectivity index (χ0) is 24.3. The summed E-state index contributed by atoms with van der Waals surface area (Å²) < 4.78 is 4.82. The van der Waals surface area contributed by atoms with Gasteiger partial charge in [0.25, 0.3) is 0 Å². The maximum absolute atomic E-state index is 5.09. The molecule has 37 heavy (non-hydrogen) atoms. The second kappa shape index (κ2) is 7.81. The zero-order valence-corrected chi connectivity index (χ0v) is 20.2. The Morgan fingerprint density at radius 2 is 1.38 bits per heavy atom. The highest BCUT2D eigenvalue weighted by Crippen LogP contribution is 2.40. The Morgan fingerprint density at radius 3 is 2.27 bits per heavy atom. The summed E-state index contributed by atoms with van der Waals surface area (Å²) in [6, 6.07) is 32.6. The monoisotopic (exact) mass is 473 g/mol. The largest absolute Gasteiger partial charge is 0.307 e. The molecule has 174 valence electrons. The van der Waals surface area contributed by atoms with Crippen LogP contribution in [0.5, 0.6) is 0 Å². The fourth-order valence-corrected chi connectivity index (χ4v) is 5.90. The van der Waals surface area contributed by atoms with E-state index in [1.165, 1.54) is 27.2 Å². The van der Waals surface area contributed by atoms with Crippen molar-refractivity contribution in [2.45, 2.75) is 6.42 Å². The number of hydrogen-bond donors (Lipinski definition) is 0. The van der Waals surface area contributed by atoms with E-state index < -0.39 is 0 Å². The van der Waals surface area contributed by atoms with E-state index in [0.29, 0.717) is 0 Å². The van der Waals surface area contributed by atoms with Crippen molar-refractivity contribution >= 4 is 60.2 Å².